The zero-order chi connectivity index (χ0) is 96.2. The number of H-pyrrole nitrogens is 4. The van der Waals surface area contributed by atoms with Gasteiger partial charge in [0.1, 0.15) is 53.1 Å². The van der Waals surface area contributed by atoms with Gasteiger partial charge in [0.15, 0.2) is 0 Å². The van der Waals surface area contributed by atoms with Crippen LogP contribution in [-0.2, 0) is 42.9 Å². The Morgan fingerprint density at radius 2 is 0.681 bits per heavy atom. The summed E-state index contributed by atoms with van der Waals surface area (Å²) >= 11 is 0. The summed E-state index contributed by atoms with van der Waals surface area (Å²) in [4.78, 5) is 152. The lowest BCUT2D eigenvalue weighted by Gasteiger charge is -2.30. The number of rotatable bonds is 24. The number of imidazole rings is 4. The molecule has 0 radical (unpaired) electrons. The number of carboxylic acids is 1. The molecular formula is C105H122N16O14. The van der Waals surface area contributed by atoms with Crippen molar-refractivity contribution >= 4 is 75.5 Å². The van der Waals surface area contributed by atoms with Crippen LogP contribution < -0.4 is 21.3 Å². The van der Waals surface area contributed by atoms with Gasteiger partial charge >= 0.3 is 30.3 Å². The fraction of sp³-hybridized carbons (Fsp3) is 0.381. The van der Waals surface area contributed by atoms with E-state index in [1.165, 1.54) is 33.8 Å². The number of likely N-dealkylation sites (tertiary alicyclic amines) is 4. The van der Waals surface area contributed by atoms with Crippen LogP contribution in [0.4, 0.5) is 19.2 Å². The average molecular weight is 1830 g/mol. The molecule has 135 heavy (non-hydrogen) atoms. The van der Waals surface area contributed by atoms with Crippen molar-refractivity contribution in [2.45, 2.75) is 187 Å². The number of nitrogens with one attached hydrogen (secondary N) is 8. The minimum Gasteiger partial charge on any atom is -0.480 e. The van der Waals surface area contributed by atoms with E-state index >= 15 is 0 Å². The Kier molecular flexibility index (Phi) is 30.5. The molecule has 0 saturated carbocycles. The van der Waals surface area contributed by atoms with Gasteiger partial charge in [0.05, 0.1) is 93.1 Å². The van der Waals surface area contributed by atoms with Gasteiger partial charge < -0.3 is 80.0 Å². The molecule has 8 amide bonds. The first-order chi connectivity index (χ1) is 64.7. The van der Waals surface area contributed by atoms with Crippen molar-refractivity contribution in [2.24, 2.45) is 23.7 Å². The van der Waals surface area contributed by atoms with Crippen molar-refractivity contribution in [3.05, 3.63) is 241 Å². The maximum atomic E-state index is 14.1. The van der Waals surface area contributed by atoms with Crippen LogP contribution in [0.15, 0.2) is 207 Å². The van der Waals surface area contributed by atoms with Gasteiger partial charge in [-0.1, -0.05) is 213 Å². The number of aliphatic carboxylic acids is 1. The number of carbonyl (C=O) groups is 9. The lowest BCUT2D eigenvalue weighted by atomic mass is 9.96. The van der Waals surface area contributed by atoms with Gasteiger partial charge in [0, 0.05) is 56.1 Å². The SMILES string of the molecule is CC(=O)N[C@H](C(=O)O)C(C)C.COC(=O)N[C@H](C(=O)N1CCC[C@H]1c1ncc(-c2ccc3cc(-c4ccc(-c5cnc([C@@H]6C[C@H](c7ccccc7)CN6C(=O)OC(C)(C)C)[nH]5)cc4)ccc3c2)[nH]1)C(C)C.COC(=O)N[C@H](C(=O)N1CCC[C@H]1c1ncc(-c2ccc3cc(-c4ccc(-c5cnc([C@@H]6C[C@H](c7ccccc7)CN6C(=O)[C@@H](NC(=O)OC)C(C)C)[nH]5)cc4)ccc3c2)[nH]1)C(C)C. The molecule has 706 valence electrons. The molecule has 9 N–H and O–H groups in total. The van der Waals surface area contributed by atoms with Gasteiger partial charge in [-0.15, -0.1) is 0 Å². The first kappa shape index (κ1) is 96.6. The van der Waals surface area contributed by atoms with E-state index < -0.39 is 54.0 Å². The molecule has 4 aliphatic rings. The third-order valence-corrected chi connectivity index (χ3v) is 25.6. The Morgan fingerprint density at radius 1 is 0.378 bits per heavy atom. The fourth-order valence-electron chi connectivity index (χ4n) is 18.4. The van der Waals surface area contributed by atoms with Crippen LogP contribution in [0, 0.1) is 23.7 Å². The van der Waals surface area contributed by atoms with Crippen LogP contribution in [0.25, 0.3) is 88.8 Å². The Balaban J connectivity index is 0.000000195. The second-order valence-electron chi connectivity index (χ2n) is 37.5. The largest absolute Gasteiger partial charge is 0.480 e. The topological polar surface area (TPSA) is 387 Å². The van der Waals surface area contributed by atoms with E-state index in [0.29, 0.717) is 38.4 Å². The zero-order valence-corrected chi connectivity index (χ0v) is 79.1. The highest BCUT2D eigenvalue weighted by atomic mass is 16.6. The number of carboxylic acid groups (broad SMARTS) is 1. The summed E-state index contributed by atoms with van der Waals surface area (Å²) in [5, 5.41) is 23.5. The number of hydrogen-bond acceptors (Lipinski definition) is 17. The molecule has 0 bridgehead atoms. The normalized spacial score (nSPS) is 18.0. The summed E-state index contributed by atoms with van der Waals surface area (Å²) in [6, 6.07) is 59.1. The van der Waals surface area contributed by atoms with Crippen LogP contribution in [0.1, 0.15) is 192 Å². The minimum atomic E-state index is -0.991. The maximum absolute atomic E-state index is 14.1. The Morgan fingerprint density at radius 3 is 1.01 bits per heavy atom. The van der Waals surface area contributed by atoms with E-state index in [9.17, 15) is 43.2 Å². The lowest BCUT2D eigenvalue weighted by molar-refractivity contribution is -0.142. The molecule has 10 atom stereocenters. The summed E-state index contributed by atoms with van der Waals surface area (Å²) in [7, 11) is 3.89. The Bertz CT molecular complexity index is 6200. The number of carbonyl (C=O) groups excluding carboxylic acids is 8. The van der Waals surface area contributed by atoms with Crippen LogP contribution in [-0.4, -0.2) is 196 Å². The predicted octanol–water partition coefficient (Wildman–Crippen LogP) is 18.8. The number of aromatic amines is 4. The first-order valence-corrected chi connectivity index (χ1v) is 46.3. The van der Waals surface area contributed by atoms with E-state index in [2.05, 4.69) is 187 Å². The van der Waals surface area contributed by atoms with Gasteiger partial charge in [0.25, 0.3) is 0 Å². The summed E-state index contributed by atoms with van der Waals surface area (Å²) < 4.78 is 20.2. The number of fused-ring (bicyclic) bond motifs is 2. The third-order valence-electron chi connectivity index (χ3n) is 25.6. The van der Waals surface area contributed by atoms with Crippen molar-refractivity contribution in [2.75, 3.05) is 47.5 Å². The summed E-state index contributed by atoms with van der Waals surface area (Å²) in [6.07, 6.45) is 9.82. The number of methoxy groups -OCH3 is 3. The van der Waals surface area contributed by atoms with Crippen LogP contribution >= 0.6 is 0 Å². The monoisotopic (exact) mass is 1830 g/mol. The third kappa shape index (κ3) is 22.9. The minimum absolute atomic E-state index is 0.0867. The molecule has 4 saturated heterocycles. The molecule has 0 spiro atoms. The fourth-order valence-corrected chi connectivity index (χ4v) is 18.4. The molecule has 30 nitrogen and oxygen atoms in total. The van der Waals surface area contributed by atoms with Crippen molar-refractivity contribution in [1.29, 1.82) is 0 Å². The molecule has 0 unspecified atom stereocenters. The van der Waals surface area contributed by atoms with E-state index in [1.807, 2.05) is 143 Å². The molecule has 4 fully saturated rings. The van der Waals surface area contributed by atoms with Crippen molar-refractivity contribution in [3.63, 3.8) is 0 Å². The molecule has 12 aromatic rings. The molecule has 8 aromatic carbocycles. The van der Waals surface area contributed by atoms with E-state index in [-0.39, 0.29) is 89.4 Å². The Hall–Kier alpha value is -14.5. The van der Waals surface area contributed by atoms with Crippen LogP contribution in [0.5, 0.6) is 0 Å². The molecule has 30 heteroatoms. The summed E-state index contributed by atoms with van der Waals surface area (Å²) in [6.45, 7) is 24.2. The number of aromatic nitrogens is 8. The van der Waals surface area contributed by atoms with Crippen molar-refractivity contribution in [1.82, 2.24) is 80.7 Å². The summed E-state index contributed by atoms with van der Waals surface area (Å²) in [5.74, 6) is 1.01. The number of ether oxygens (including phenoxy) is 4. The lowest BCUT2D eigenvalue weighted by Crippen LogP contribution is -2.51. The average Bonchev–Trinajstić information content (AvgIpc) is 1.70. The maximum Gasteiger partial charge on any atom is 0.410 e. The molecule has 4 aromatic heterocycles. The van der Waals surface area contributed by atoms with E-state index in [1.54, 1.807) is 13.8 Å². The highest BCUT2D eigenvalue weighted by Gasteiger charge is 2.45. The molecule has 4 aliphatic heterocycles. The number of alkyl carbamates (subject to hydrolysis) is 3. The van der Waals surface area contributed by atoms with Gasteiger partial charge in [-0.05, 0) is 173 Å². The van der Waals surface area contributed by atoms with Crippen LogP contribution in [0.3, 0.4) is 0 Å². The van der Waals surface area contributed by atoms with Gasteiger partial charge in [-0.2, -0.15) is 0 Å². The number of nitrogens with zero attached hydrogens (tertiary/aromatic N) is 8. The standard InChI is InChI=1S/C50H56N8O6.C48H53N7O5.C7H13NO3/c1-29(2)43(55-49(61)63-5)47(59)57-22-10-13-41(57)45-51-27-40(54-45)37-21-20-35-23-34(18-19-36(35)24-37)32-14-16-33(17-15-32)39-26-52-46(53-39)42-25-38(31-11-8-7-9-12-31)28-58(42)48(60)44(30(3)4)56-50(62)64-6;1-29(2)42(53-46(57)59-6)45(56)54-22-10-13-40(54)43-49-27-39(52-43)36-21-20-34-23-33(18-19-35(34)24-36)31-14-16-32(17-15-31)38-26-50-44(51-38)41-25-37(30-11-8-7-9-12-30)28-55(41)47(58)60-48(3,4)5;1-4(2)6(7(10)11)8-5(3)9/h7-9,11-12,14-21,23-24,26-27,29-30,38,41-44H,10,13,22,25,28H2,1-6H3,(H,51,54)(H,52,53)(H,55,61)(H,56,62);7-9,11-12,14-21,23-24,26-27,29,37,40-42H,10,13,22,25,28H2,1-6H3,(H,49,52)(H,50,51)(H,53,57);4,6H,1-3H3,(H,8,9)(H,10,11)/t38-,41-,42-,43-,44-;37-,40-,41-,42-;6-/m000/s1. The zero-order valence-electron chi connectivity index (χ0n) is 79.1. The van der Waals surface area contributed by atoms with Crippen molar-refractivity contribution in [3.8, 4) is 67.3 Å². The first-order valence-electron chi connectivity index (χ1n) is 46.3. The number of hydrogen-bond donors (Lipinski definition) is 9. The molecule has 16 rings (SSSR count). The highest BCUT2D eigenvalue weighted by molar-refractivity contribution is 5.94. The highest BCUT2D eigenvalue weighted by Crippen LogP contribution is 2.45. The predicted molar refractivity (Wildman–Crippen MR) is 517 cm³/mol. The van der Waals surface area contributed by atoms with E-state index in [4.69, 9.17) is 44.0 Å². The second kappa shape index (κ2) is 42.6. The Labute approximate surface area is 786 Å². The number of benzene rings is 8. The molecule has 8 heterocycles. The summed E-state index contributed by atoms with van der Waals surface area (Å²) in [5.41, 5.74) is 13.6. The second-order valence-corrected chi connectivity index (χ2v) is 37.5. The van der Waals surface area contributed by atoms with Gasteiger partial charge in [-0.25, -0.2) is 43.9 Å². The van der Waals surface area contributed by atoms with Gasteiger partial charge in [0.2, 0.25) is 23.6 Å². The quantitative estimate of drug-likeness (QED) is 0.0254. The smallest absolute Gasteiger partial charge is 0.410 e. The van der Waals surface area contributed by atoms with Crippen molar-refractivity contribution < 1.29 is 67.2 Å². The molecular weight excluding hydrogens is 1710 g/mol. The van der Waals surface area contributed by atoms with E-state index in [0.717, 1.165) is 144 Å². The van der Waals surface area contributed by atoms with Crippen LogP contribution in [0.2, 0.25) is 0 Å². The molecule has 0 aliphatic carbocycles. The number of amides is 8. The van der Waals surface area contributed by atoms with Gasteiger partial charge in [-0.3, -0.25) is 24.1 Å².